The van der Waals surface area contributed by atoms with Gasteiger partial charge in [0, 0.05) is 13.1 Å². The largest absolute Gasteiger partial charge is 0.376 e. The first kappa shape index (κ1) is 15.4. The third-order valence-corrected chi connectivity index (χ3v) is 4.38. The molecule has 1 aromatic carbocycles. The van der Waals surface area contributed by atoms with Gasteiger partial charge < -0.3 is 4.74 Å². The van der Waals surface area contributed by atoms with E-state index in [0.717, 1.165) is 43.5 Å². The molecule has 5 nitrogen and oxygen atoms in total. The van der Waals surface area contributed by atoms with Gasteiger partial charge in [-0.2, -0.15) is 5.10 Å². The van der Waals surface area contributed by atoms with Crippen LogP contribution in [0.4, 0.5) is 0 Å². The summed E-state index contributed by atoms with van der Waals surface area (Å²) in [4.78, 5) is 2.34. The van der Waals surface area contributed by atoms with E-state index in [1.54, 1.807) is 0 Å². The third-order valence-electron chi connectivity index (χ3n) is 3.95. The van der Waals surface area contributed by atoms with Crippen LogP contribution < -0.4 is 0 Å². The molecule has 0 N–H and O–H groups in total. The molecule has 1 aromatic heterocycles. The van der Waals surface area contributed by atoms with Gasteiger partial charge in [0.05, 0.1) is 25.9 Å². The van der Waals surface area contributed by atoms with Crippen LogP contribution in [-0.4, -0.2) is 45.0 Å². The minimum atomic E-state index is 0.274. The zero-order chi connectivity index (χ0) is 15.5. The standard InChI is InChI=1S/C16H22N4OS/c1-13-10-18(8-9-21-13)12-20-16(22)19(14(2)17-20)11-15-6-4-3-5-7-15/h3-7,13H,8-12H2,1-2H3. The lowest BCUT2D eigenvalue weighted by Crippen LogP contribution is -2.42. The number of morpholine rings is 1. The second kappa shape index (κ2) is 6.73. The summed E-state index contributed by atoms with van der Waals surface area (Å²) in [5.41, 5.74) is 1.24. The molecule has 0 radical (unpaired) electrons. The minimum Gasteiger partial charge on any atom is -0.376 e. The lowest BCUT2D eigenvalue weighted by molar-refractivity contribution is -0.0307. The minimum absolute atomic E-state index is 0.274. The van der Waals surface area contributed by atoms with Crippen LogP contribution in [0.1, 0.15) is 18.3 Å². The molecule has 1 fully saturated rings. The molecule has 0 bridgehead atoms. The van der Waals surface area contributed by atoms with Gasteiger partial charge in [0.15, 0.2) is 4.77 Å². The Morgan fingerprint density at radius 3 is 2.82 bits per heavy atom. The van der Waals surface area contributed by atoms with E-state index in [2.05, 4.69) is 33.6 Å². The molecule has 0 saturated carbocycles. The van der Waals surface area contributed by atoms with Crippen molar-refractivity contribution in [3.8, 4) is 0 Å². The van der Waals surface area contributed by atoms with Crippen LogP contribution in [0.2, 0.25) is 0 Å². The molecule has 3 rings (SSSR count). The van der Waals surface area contributed by atoms with E-state index in [0.29, 0.717) is 0 Å². The molecule has 0 amide bonds. The average Bonchev–Trinajstić information content (AvgIpc) is 2.76. The Kier molecular flexibility index (Phi) is 4.71. The lowest BCUT2D eigenvalue weighted by atomic mass is 10.2. The fourth-order valence-corrected chi connectivity index (χ4v) is 3.09. The van der Waals surface area contributed by atoms with E-state index in [-0.39, 0.29) is 6.10 Å². The number of aryl methyl sites for hydroxylation is 1. The highest BCUT2D eigenvalue weighted by Gasteiger charge is 2.18. The van der Waals surface area contributed by atoms with Gasteiger partial charge in [0.1, 0.15) is 5.82 Å². The van der Waals surface area contributed by atoms with Crippen molar-refractivity contribution >= 4 is 12.2 Å². The van der Waals surface area contributed by atoms with Crippen molar-refractivity contribution in [3.05, 3.63) is 46.5 Å². The van der Waals surface area contributed by atoms with Gasteiger partial charge in [-0.05, 0) is 31.6 Å². The number of ether oxygens (including phenoxy) is 1. The van der Waals surface area contributed by atoms with Gasteiger partial charge in [-0.1, -0.05) is 30.3 Å². The van der Waals surface area contributed by atoms with E-state index < -0.39 is 0 Å². The van der Waals surface area contributed by atoms with E-state index >= 15 is 0 Å². The Morgan fingerprint density at radius 1 is 1.32 bits per heavy atom. The summed E-state index contributed by atoms with van der Waals surface area (Å²) < 4.78 is 10.4. The van der Waals surface area contributed by atoms with E-state index in [4.69, 9.17) is 17.0 Å². The molecule has 1 unspecified atom stereocenters. The van der Waals surface area contributed by atoms with E-state index in [1.807, 2.05) is 29.8 Å². The molecular formula is C16H22N4OS. The molecule has 2 heterocycles. The van der Waals surface area contributed by atoms with Crippen LogP contribution in [0, 0.1) is 11.7 Å². The van der Waals surface area contributed by atoms with Crippen molar-refractivity contribution < 1.29 is 4.74 Å². The number of benzene rings is 1. The maximum atomic E-state index is 5.62. The maximum Gasteiger partial charge on any atom is 0.199 e. The van der Waals surface area contributed by atoms with Crippen LogP contribution in [0.25, 0.3) is 0 Å². The number of hydrogen-bond acceptors (Lipinski definition) is 4. The SMILES string of the molecule is Cc1nn(CN2CCOC(C)C2)c(=S)n1Cc1ccccc1. The monoisotopic (exact) mass is 318 g/mol. The van der Waals surface area contributed by atoms with Gasteiger partial charge >= 0.3 is 0 Å². The topological polar surface area (TPSA) is 35.2 Å². The van der Waals surface area contributed by atoms with Crippen molar-refractivity contribution in [2.24, 2.45) is 0 Å². The Labute approximate surface area is 136 Å². The molecule has 22 heavy (non-hydrogen) atoms. The highest BCUT2D eigenvalue weighted by molar-refractivity contribution is 7.71. The lowest BCUT2D eigenvalue weighted by Gasteiger charge is -2.30. The molecule has 1 aliphatic heterocycles. The molecular weight excluding hydrogens is 296 g/mol. The van der Waals surface area contributed by atoms with E-state index in [9.17, 15) is 0 Å². The number of hydrogen-bond donors (Lipinski definition) is 0. The molecule has 2 aromatic rings. The Bertz CT molecular complexity index is 679. The van der Waals surface area contributed by atoms with Crippen molar-refractivity contribution in [1.82, 2.24) is 19.2 Å². The fourth-order valence-electron chi connectivity index (χ4n) is 2.80. The van der Waals surface area contributed by atoms with Crippen molar-refractivity contribution in [2.75, 3.05) is 19.7 Å². The summed E-state index contributed by atoms with van der Waals surface area (Å²) in [7, 11) is 0. The average molecular weight is 318 g/mol. The Hall–Kier alpha value is -1.50. The van der Waals surface area contributed by atoms with Crippen LogP contribution in [0.5, 0.6) is 0 Å². The molecule has 1 atom stereocenters. The zero-order valence-electron chi connectivity index (χ0n) is 13.1. The van der Waals surface area contributed by atoms with Gasteiger partial charge in [0.2, 0.25) is 0 Å². The predicted octanol–water partition coefficient (Wildman–Crippen LogP) is 2.45. The fraction of sp³-hybridized carbons (Fsp3) is 0.500. The van der Waals surface area contributed by atoms with Gasteiger partial charge in [-0.25, -0.2) is 4.68 Å². The first-order valence-corrected chi connectivity index (χ1v) is 8.06. The van der Waals surface area contributed by atoms with Crippen molar-refractivity contribution in [1.29, 1.82) is 0 Å². The summed E-state index contributed by atoms with van der Waals surface area (Å²) >= 11 is 5.62. The third kappa shape index (κ3) is 3.45. The second-order valence-electron chi connectivity index (χ2n) is 5.80. The highest BCUT2D eigenvalue weighted by atomic mass is 32.1. The zero-order valence-corrected chi connectivity index (χ0v) is 13.9. The van der Waals surface area contributed by atoms with E-state index in [1.165, 1.54) is 5.56 Å². The van der Waals surface area contributed by atoms with Gasteiger partial charge in [-0.15, -0.1) is 0 Å². The predicted molar refractivity (Wildman–Crippen MR) is 88.3 cm³/mol. The quantitative estimate of drug-likeness (QED) is 0.811. The Morgan fingerprint density at radius 2 is 2.09 bits per heavy atom. The number of rotatable bonds is 4. The number of aromatic nitrogens is 3. The highest BCUT2D eigenvalue weighted by Crippen LogP contribution is 2.10. The maximum absolute atomic E-state index is 5.62. The molecule has 0 spiro atoms. The second-order valence-corrected chi connectivity index (χ2v) is 6.17. The normalized spacial score (nSPS) is 19.5. The molecule has 1 aliphatic rings. The summed E-state index contributed by atoms with van der Waals surface area (Å²) in [6.45, 7) is 8.24. The molecule has 1 saturated heterocycles. The molecule has 0 aliphatic carbocycles. The summed E-state index contributed by atoms with van der Waals surface area (Å²) in [6, 6.07) is 10.4. The van der Waals surface area contributed by atoms with Crippen LogP contribution >= 0.6 is 12.2 Å². The summed E-state index contributed by atoms with van der Waals surface area (Å²) in [5.74, 6) is 0.954. The molecule has 6 heteroatoms. The van der Waals surface area contributed by atoms with Gasteiger partial charge in [0.25, 0.3) is 0 Å². The first-order chi connectivity index (χ1) is 10.6. The van der Waals surface area contributed by atoms with Gasteiger partial charge in [-0.3, -0.25) is 9.47 Å². The van der Waals surface area contributed by atoms with Crippen molar-refractivity contribution in [2.45, 2.75) is 33.2 Å². The summed E-state index contributed by atoms with van der Waals surface area (Å²) in [6.07, 6.45) is 0.274. The van der Waals surface area contributed by atoms with Crippen LogP contribution in [0.3, 0.4) is 0 Å². The van der Waals surface area contributed by atoms with Crippen LogP contribution in [-0.2, 0) is 18.0 Å². The van der Waals surface area contributed by atoms with Crippen LogP contribution in [0.15, 0.2) is 30.3 Å². The molecule has 118 valence electrons. The smallest absolute Gasteiger partial charge is 0.199 e. The first-order valence-electron chi connectivity index (χ1n) is 7.65. The Balaban J connectivity index is 1.76. The number of nitrogens with zero attached hydrogens (tertiary/aromatic N) is 4. The summed E-state index contributed by atoms with van der Waals surface area (Å²) in [5, 5.41) is 4.62. The van der Waals surface area contributed by atoms with Crippen molar-refractivity contribution in [3.63, 3.8) is 0 Å².